The number of hydrogen-bond donors (Lipinski definition) is 1. The Hall–Kier alpha value is -2.82. The Morgan fingerprint density at radius 1 is 0.962 bits per heavy atom. The first-order chi connectivity index (χ1) is 12.2. The Morgan fingerprint density at radius 3 is 2.15 bits per heavy atom. The number of Topliss-reactive ketones (excluding diaryl/α,β-unsaturated/α-hetero) is 1. The SMILES string of the molecule is Cc1ccc(COc2ccc(C(=O)CNC(=O)OC(C)(C)C)cc2)cc1. The quantitative estimate of drug-likeness (QED) is 0.786. The van der Waals surface area contributed by atoms with Gasteiger partial charge in [0.2, 0.25) is 0 Å². The number of ketones is 1. The van der Waals surface area contributed by atoms with Crippen molar-refractivity contribution < 1.29 is 19.1 Å². The molecule has 5 nitrogen and oxygen atoms in total. The van der Waals surface area contributed by atoms with Gasteiger partial charge in [0.1, 0.15) is 18.0 Å². The first-order valence-electron chi connectivity index (χ1n) is 8.51. The average Bonchev–Trinajstić information content (AvgIpc) is 2.58. The number of rotatable bonds is 6. The third-order valence-electron chi connectivity index (χ3n) is 3.49. The van der Waals surface area contributed by atoms with E-state index in [1.54, 1.807) is 45.0 Å². The van der Waals surface area contributed by atoms with Gasteiger partial charge in [0.25, 0.3) is 0 Å². The minimum absolute atomic E-state index is 0.113. The van der Waals surface area contributed by atoms with Crippen LogP contribution in [0.5, 0.6) is 5.75 Å². The molecule has 26 heavy (non-hydrogen) atoms. The summed E-state index contributed by atoms with van der Waals surface area (Å²) in [5.74, 6) is 0.489. The molecule has 1 N–H and O–H groups in total. The van der Waals surface area contributed by atoms with Crippen molar-refractivity contribution in [3.8, 4) is 5.75 Å². The van der Waals surface area contributed by atoms with E-state index in [4.69, 9.17) is 9.47 Å². The highest BCUT2D eigenvalue weighted by Gasteiger charge is 2.17. The Labute approximate surface area is 154 Å². The summed E-state index contributed by atoms with van der Waals surface area (Å²) >= 11 is 0. The number of ether oxygens (including phenoxy) is 2. The maximum atomic E-state index is 12.1. The van der Waals surface area contributed by atoms with Crippen molar-refractivity contribution >= 4 is 11.9 Å². The molecule has 138 valence electrons. The molecule has 0 unspecified atom stereocenters. The lowest BCUT2D eigenvalue weighted by Crippen LogP contribution is -2.35. The van der Waals surface area contributed by atoms with Crippen LogP contribution in [-0.2, 0) is 11.3 Å². The van der Waals surface area contributed by atoms with E-state index in [2.05, 4.69) is 5.32 Å². The predicted octanol–water partition coefficient (Wildman–Crippen LogP) is 4.28. The fourth-order valence-electron chi connectivity index (χ4n) is 2.16. The molecule has 0 aliphatic heterocycles. The second kappa shape index (κ2) is 8.52. The van der Waals surface area contributed by atoms with Crippen molar-refractivity contribution in [2.75, 3.05) is 6.54 Å². The largest absolute Gasteiger partial charge is 0.489 e. The van der Waals surface area contributed by atoms with Gasteiger partial charge in [-0.3, -0.25) is 4.79 Å². The first kappa shape index (κ1) is 19.5. The molecule has 1 amide bonds. The molecule has 0 bridgehead atoms. The second-order valence-electron chi connectivity index (χ2n) is 7.08. The molecule has 0 saturated carbocycles. The van der Waals surface area contributed by atoms with E-state index < -0.39 is 11.7 Å². The second-order valence-corrected chi connectivity index (χ2v) is 7.08. The molecule has 0 aromatic heterocycles. The van der Waals surface area contributed by atoms with Gasteiger partial charge < -0.3 is 14.8 Å². The first-order valence-corrected chi connectivity index (χ1v) is 8.51. The van der Waals surface area contributed by atoms with Gasteiger partial charge in [-0.25, -0.2) is 4.79 Å². The van der Waals surface area contributed by atoms with E-state index in [0.717, 1.165) is 5.56 Å². The molecular formula is C21H25NO4. The Balaban J connectivity index is 1.83. The molecule has 0 atom stereocenters. The maximum absolute atomic E-state index is 12.1. The molecule has 2 aromatic carbocycles. The molecule has 2 rings (SSSR count). The number of nitrogens with one attached hydrogen (secondary N) is 1. The van der Waals surface area contributed by atoms with Gasteiger partial charge in [-0.2, -0.15) is 0 Å². The zero-order valence-electron chi connectivity index (χ0n) is 15.7. The van der Waals surface area contributed by atoms with Gasteiger partial charge in [0.15, 0.2) is 5.78 Å². The van der Waals surface area contributed by atoms with Crippen LogP contribution in [0.15, 0.2) is 48.5 Å². The minimum atomic E-state index is -0.607. The number of aryl methyl sites for hydroxylation is 1. The molecule has 0 aliphatic rings. The third-order valence-corrected chi connectivity index (χ3v) is 3.49. The van der Waals surface area contributed by atoms with Crippen molar-refractivity contribution in [3.05, 3.63) is 65.2 Å². The van der Waals surface area contributed by atoms with Crippen molar-refractivity contribution in [2.24, 2.45) is 0 Å². The van der Waals surface area contributed by atoms with Crippen LogP contribution < -0.4 is 10.1 Å². The molecule has 0 aliphatic carbocycles. The molecule has 0 radical (unpaired) electrons. The van der Waals surface area contributed by atoms with E-state index in [-0.39, 0.29) is 12.3 Å². The van der Waals surface area contributed by atoms with Crippen LogP contribution in [-0.4, -0.2) is 24.0 Å². The lowest BCUT2D eigenvalue weighted by Gasteiger charge is -2.19. The molecule has 2 aromatic rings. The van der Waals surface area contributed by atoms with Gasteiger partial charge >= 0.3 is 6.09 Å². The van der Waals surface area contributed by atoms with E-state index in [1.165, 1.54) is 5.56 Å². The van der Waals surface area contributed by atoms with Crippen LogP contribution in [0.3, 0.4) is 0 Å². The summed E-state index contributed by atoms with van der Waals surface area (Å²) in [6.45, 7) is 7.70. The van der Waals surface area contributed by atoms with Crippen molar-refractivity contribution in [2.45, 2.75) is 39.9 Å². The van der Waals surface area contributed by atoms with Crippen molar-refractivity contribution in [1.29, 1.82) is 0 Å². The minimum Gasteiger partial charge on any atom is -0.489 e. The topological polar surface area (TPSA) is 64.6 Å². The summed E-state index contributed by atoms with van der Waals surface area (Å²) in [6, 6.07) is 15.0. The fraction of sp³-hybridized carbons (Fsp3) is 0.333. The summed E-state index contributed by atoms with van der Waals surface area (Å²) in [4.78, 5) is 23.7. The van der Waals surface area contributed by atoms with Gasteiger partial charge in [0, 0.05) is 5.56 Å². The predicted molar refractivity (Wildman–Crippen MR) is 101 cm³/mol. The Kier molecular flexibility index (Phi) is 6.39. The summed E-state index contributed by atoms with van der Waals surface area (Å²) in [6.07, 6.45) is -0.607. The highest BCUT2D eigenvalue weighted by Crippen LogP contribution is 2.15. The summed E-state index contributed by atoms with van der Waals surface area (Å²) < 4.78 is 10.8. The number of benzene rings is 2. The smallest absolute Gasteiger partial charge is 0.408 e. The lowest BCUT2D eigenvalue weighted by molar-refractivity contribution is 0.0520. The Morgan fingerprint density at radius 2 is 1.58 bits per heavy atom. The fourth-order valence-corrected chi connectivity index (χ4v) is 2.16. The number of amides is 1. The van der Waals surface area contributed by atoms with E-state index in [1.807, 2.05) is 31.2 Å². The summed E-state index contributed by atoms with van der Waals surface area (Å²) in [5.41, 5.74) is 2.20. The number of hydrogen-bond acceptors (Lipinski definition) is 4. The number of carbonyl (C=O) groups excluding carboxylic acids is 2. The third kappa shape index (κ3) is 6.59. The highest BCUT2D eigenvalue weighted by atomic mass is 16.6. The van der Waals surface area contributed by atoms with Gasteiger partial charge in [-0.05, 0) is 57.5 Å². The molecule has 5 heteroatoms. The van der Waals surface area contributed by atoms with Gasteiger partial charge in [0.05, 0.1) is 6.54 Å². The van der Waals surface area contributed by atoms with Crippen molar-refractivity contribution in [3.63, 3.8) is 0 Å². The van der Waals surface area contributed by atoms with Gasteiger partial charge in [-0.15, -0.1) is 0 Å². The zero-order chi connectivity index (χ0) is 19.2. The lowest BCUT2D eigenvalue weighted by atomic mass is 10.1. The molecule has 0 spiro atoms. The van der Waals surface area contributed by atoms with Gasteiger partial charge in [-0.1, -0.05) is 29.8 Å². The Bertz CT molecular complexity index is 743. The summed E-state index contributed by atoms with van der Waals surface area (Å²) in [7, 11) is 0. The van der Waals surface area contributed by atoms with Crippen LogP contribution in [0.25, 0.3) is 0 Å². The monoisotopic (exact) mass is 355 g/mol. The van der Waals surface area contributed by atoms with Crippen LogP contribution in [0, 0.1) is 6.92 Å². The van der Waals surface area contributed by atoms with Crippen LogP contribution in [0.4, 0.5) is 4.79 Å². The van der Waals surface area contributed by atoms with Crippen LogP contribution in [0.2, 0.25) is 0 Å². The number of alkyl carbamates (subject to hydrolysis) is 1. The van der Waals surface area contributed by atoms with E-state index in [9.17, 15) is 9.59 Å². The molecule has 0 fully saturated rings. The van der Waals surface area contributed by atoms with Crippen LogP contribution >= 0.6 is 0 Å². The number of carbonyl (C=O) groups is 2. The molecular weight excluding hydrogens is 330 g/mol. The van der Waals surface area contributed by atoms with Crippen LogP contribution in [0.1, 0.15) is 42.3 Å². The normalized spacial score (nSPS) is 10.9. The molecule has 0 saturated heterocycles. The van der Waals surface area contributed by atoms with Crippen molar-refractivity contribution in [1.82, 2.24) is 5.32 Å². The zero-order valence-corrected chi connectivity index (χ0v) is 15.7. The average molecular weight is 355 g/mol. The highest BCUT2D eigenvalue weighted by molar-refractivity contribution is 5.98. The van der Waals surface area contributed by atoms with E-state index >= 15 is 0 Å². The summed E-state index contributed by atoms with van der Waals surface area (Å²) in [5, 5.41) is 2.46. The molecule has 0 heterocycles. The maximum Gasteiger partial charge on any atom is 0.408 e. The standard InChI is InChI=1S/C21H25NO4/c1-15-5-7-16(8-6-15)14-25-18-11-9-17(10-12-18)19(23)13-22-20(24)26-21(2,3)4/h5-12H,13-14H2,1-4H3,(H,22,24). The van der Waals surface area contributed by atoms with E-state index in [0.29, 0.717) is 17.9 Å².